The molecule has 1 aromatic rings. The Balaban J connectivity index is 0.00000121. The summed E-state index contributed by atoms with van der Waals surface area (Å²) in [5.41, 5.74) is 0.856. The predicted molar refractivity (Wildman–Crippen MR) is 46.1 cm³/mol. The molecule has 0 heterocycles. The molecule has 0 fully saturated rings. The van der Waals surface area contributed by atoms with Crippen LogP contribution in [0.5, 0.6) is 5.75 Å². The minimum absolute atomic E-state index is 0. The van der Waals surface area contributed by atoms with Gasteiger partial charge in [0.15, 0.2) is 0 Å². The van der Waals surface area contributed by atoms with Crippen molar-refractivity contribution in [3.8, 4) is 5.75 Å². The first-order valence-corrected chi connectivity index (χ1v) is 3.16. The molecule has 0 aromatic heterocycles. The Morgan fingerprint density at radius 3 is 2.42 bits per heavy atom. The molecule has 0 spiro atoms. The van der Waals surface area contributed by atoms with E-state index in [-0.39, 0.29) is 41.9 Å². The summed E-state index contributed by atoms with van der Waals surface area (Å²) < 4.78 is 4.50. The number of rotatable bonds is 3. The topological polar surface area (TPSA) is 46.5 Å². The van der Waals surface area contributed by atoms with Gasteiger partial charge in [0, 0.05) is 0 Å². The normalized spacial score (nSPS) is 8.33. The first-order chi connectivity index (χ1) is 5.33. The van der Waals surface area contributed by atoms with Crippen molar-refractivity contribution >= 4 is 36.0 Å². The standard InChI is InChI=1S/C8H8O3.Na.H/c9-6-11-5-7-1-3-8(10)4-2-7;;/h1-4,6,10H,5H2;;. The molecule has 4 heteroatoms. The number of benzene rings is 1. The summed E-state index contributed by atoms with van der Waals surface area (Å²) in [6.45, 7) is 0.649. The van der Waals surface area contributed by atoms with Crippen molar-refractivity contribution in [2.75, 3.05) is 0 Å². The summed E-state index contributed by atoms with van der Waals surface area (Å²) in [6.07, 6.45) is 0. The summed E-state index contributed by atoms with van der Waals surface area (Å²) in [7, 11) is 0. The van der Waals surface area contributed by atoms with Crippen LogP contribution in [-0.2, 0) is 16.1 Å². The van der Waals surface area contributed by atoms with E-state index >= 15 is 0 Å². The summed E-state index contributed by atoms with van der Waals surface area (Å²) in [6, 6.07) is 6.48. The van der Waals surface area contributed by atoms with Crippen LogP contribution in [0.4, 0.5) is 0 Å². The van der Waals surface area contributed by atoms with E-state index in [1.165, 1.54) is 0 Å². The first kappa shape index (κ1) is 11.5. The van der Waals surface area contributed by atoms with Gasteiger partial charge in [-0.3, -0.25) is 4.79 Å². The number of hydrogen-bond donors (Lipinski definition) is 1. The van der Waals surface area contributed by atoms with Gasteiger partial charge in [0.25, 0.3) is 6.47 Å². The number of carbonyl (C=O) groups is 1. The Kier molecular flexibility index (Phi) is 5.80. The molecule has 0 aliphatic rings. The molecule has 0 aliphatic carbocycles. The third kappa shape index (κ3) is 3.76. The van der Waals surface area contributed by atoms with Gasteiger partial charge in [-0.05, 0) is 17.7 Å². The van der Waals surface area contributed by atoms with Gasteiger partial charge in [-0.2, -0.15) is 0 Å². The molecule has 60 valence electrons. The number of hydrogen-bond acceptors (Lipinski definition) is 3. The molecule has 0 bridgehead atoms. The Morgan fingerprint density at radius 2 is 1.92 bits per heavy atom. The van der Waals surface area contributed by atoms with E-state index < -0.39 is 0 Å². The van der Waals surface area contributed by atoms with Crippen LogP contribution in [0.25, 0.3) is 0 Å². The van der Waals surface area contributed by atoms with Crippen molar-refractivity contribution in [1.82, 2.24) is 0 Å². The van der Waals surface area contributed by atoms with Crippen molar-refractivity contribution in [2.45, 2.75) is 6.61 Å². The zero-order valence-corrected chi connectivity index (χ0v) is 5.86. The van der Waals surface area contributed by atoms with Gasteiger partial charge in [0.2, 0.25) is 0 Å². The molecule has 1 aromatic carbocycles. The van der Waals surface area contributed by atoms with Gasteiger partial charge in [-0.15, -0.1) is 0 Å². The molecule has 0 radical (unpaired) electrons. The predicted octanol–water partition coefficient (Wildman–Crippen LogP) is 0.417. The Bertz CT molecular complexity index is 233. The van der Waals surface area contributed by atoms with Gasteiger partial charge in [0.1, 0.15) is 12.4 Å². The molecule has 0 unspecified atom stereocenters. The molecular formula is C8H9NaO3. The second-order valence-electron chi connectivity index (χ2n) is 2.07. The van der Waals surface area contributed by atoms with Crippen molar-refractivity contribution in [2.24, 2.45) is 0 Å². The molecule has 3 nitrogen and oxygen atoms in total. The van der Waals surface area contributed by atoms with Crippen molar-refractivity contribution in [1.29, 1.82) is 0 Å². The Hall–Kier alpha value is -0.510. The average molecular weight is 176 g/mol. The maximum atomic E-state index is 9.77. The molecule has 1 rings (SSSR count). The molecule has 1 N–H and O–H groups in total. The third-order valence-corrected chi connectivity index (χ3v) is 1.25. The zero-order valence-electron chi connectivity index (χ0n) is 5.86. The van der Waals surface area contributed by atoms with Crippen molar-refractivity contribution < 1.29 is 14.6 Å². The summed E-state index contributed by atoms with van der Waals surface area (Å²) >= 11 is 0. The number of ether oxygens (including phenoxy) is 1. The van der Waals surface area contributed by atoms with Crippen molar-refractivity contribution in [3.63, 3.8) is 0 Å². The molecule has 0 atom stereocenters. The molecular weight excluding hydrogens is 167 g/mol. The Labute approximate surface area is 92.6 Å². The minimum atomic E-state index is 0. The summed E-state index contributed by atoms with van der Waals surface area (Å²) in [5.74, 6) is 0.208. The molecule has 12 heavy (non-hydrogen) atoms. The third-order valence-electron chi connectivity index (χ3n) is 1.25. The van der Waals surface area contributed by atoms with Gasteiger partial charge >= 0.3 is 29.6 Å². The number of phenolic OH excluding ortho intramolecular Hbond substituents is 1. The molecule has 0 aliphatic heterocycles. The van der Waals surface area contributed by atoms with Crippen LogP contribution in [0.15, 0.2) is 24.3 Å². The van der Waals surface area contributed by atoms with E-state index in [1.807, 2.05) is 0 Å². The van der Waals surface area contributed by atoms with Gasteiger partial charge in [-0.25, -0.2) is 0 Å². The summed E-state index contributed by atoms with van der Waals surface area (Å²) in [5, 5.41) is 8.87. The van der Waals surface area contributed by atoms with Gasteiger partial charge in [0.05, 0.1) is 0 Å². The maximum absolute atomic E-state index is 9.77. The van der Waals surface area contributed by atoms with Crippen molar-refractivity contribution in [3.05, 3.63) is 29.8 Å². The molecule has 0 saturated carbocycles. The quantitative estimate of drug-likeness (QED) is 0.536. The second-order valence-corrected chi connectivity index (χ2v) is 2.07. The summed E-state index contributed by atoms with van der Waals surface area (Å²) in [4.78, 5) is 9.77. The van der Waals surface area contributed by atoms with E-state index in [0.717, 1.165) is 5.56 Å². The van der Waals surface area contributed by atoms with Crippen LogP contribution < -0.4 is 0 Å². The van der Waals surface area contributed by atoms with Gasteiger partial charge in [-0.1, -0.05) is 12.1 Å². The SMILES string of the molecule is O=COCc1ccc(O)cc1.[NaH]. The fraction of sp³-hybridized carbons (Fsp3) is 0.125. The van der Waals surface area contributed by atoms with E-state index in [1.54, 1.807) is 24.3 Å². The fourth-order valence-electron chi connectivity index (χ4n) is 0.722. The van der Waals surface area contributed by atoms with Crippen LogP contribution in [-0.4, -0.2) is 41.1 Å². The van der Waals surface area contributed by atoms with Gasteiger partial charge < -0.3 is 9.84 Å². The van der Waals surface area contributed by atoms with E-state index in [4.69, 9.17) is 5.11 Å². The zero-order chi connectivity index (χ0) is 8.10. The first-order valence-electron chi connectivity index (χ1n) is 3.16. The van der Waals surface area contributed by atoms with Crippen LogP contribution in [0.1, 0.15) is 5.56 Å². The van der Waals surface area contributed by atoms with Crippen LogP contribution in [0, 0.1) is 0 Å². The molecule has 0 amide bonds. The monoisotopic (exact) mass is 176 g/mol. The number of carbonyl (C=O) groups excluding carboxylic acids is 1. The number of aromatic hydroxyl groups is 1. The van der Waals surface area contributed by atoms with Crippen LogP contribution in [0.3, 0.4) is 0 Å². The molecule has 0 saturated heterocycles. The van der Waals surface area contributed by atoms with Crippen LogP contribution in [0.2, 0.25) is 0 Å². The fourth-order valence-corrected chi connectivity index (χ4v) is 0.722. The van der Waals surface area contributed by atoms with E-state index in [0.29, 0.717) is 6.47 Å². The van der Waals surface area contributed by atoms with E-state index in [2.05, 4.69) is 4.74 Å². The Morgan fingerprint density at radius 1 is 1.33 bits per heavy atom. The average Bonchev–Trinajstić information content (AvgIpc) is 2.04. The number of phenols is 1. The van der Waals surface area contributed by atoms with Crippen LogP contribution >= 0.6 is 0 Å². The van der Waals surface area contributed by atoms with E-state index in [9.17, 15) is 4.79 Å². The second kappa shape index (κ2) is 6.06.